The van der Waals surface area contributed by atoms with E-state index < -0.39 is 0 Å². The van der Waals surface area contributed by atoms with Crippen LogP contribution in [0.2, 0.25) is 0 Å². The number of benzene rings is 1. The third-order valence-corrected chi connectivity index (χ3v) is 1.25. The highest BCUT2D eigenvalue weighted by Crippen LogP contribution is 2.15. The molecule has 0 saturated heterocycles. The fraction of sp³-hybridized carbons (Fsp3) is 0. The summed E-state index contributed by atoms with van der Waals surface area (Å²) in [5.41, 5.74) is 0.743. The molecule has 1 nitrogen and oxygen atoms in total. The molecule has 1 heteroatoms. The summed E-state index contributed by atoms with van der Waals surface area (Å²) >= 11 is 0. The Morgan fingerprint density at radius 1 is 1.45 bits per heavy atom. The van der Waals surface area contributed by atoms with Gasteiger partial charge in [-0.3, -0.25) is 0 Å². The number of hydrogen-bond acceptors (Lipinski definition) is 1. The Hall–Kier alpha value is -1.68. The van der Waals surface area contributed by atoms with Gasteiger partial charge in [0.05, 0.1) is 11.8 Å². The van der Waals surface area contributed by atoms with Crippen LogP contribution in [0.25, 0.3) is 0 Å². The smallest absolute Gasteiger partial charge is 0.142 e. The van der Waals surface area contributed by atoms with Crippen LogP contribution in [0.1, 0.15) is 5.56 Å². The lowest BCUT2D eigenvalue weighted by molar-refractivity contribution is 0.482. The summed E-state index contributed by atoms with van der Waals surface area (Å²) < 4.78 is 5.05. The first-order chi connectivity index (χ1) is 5.38. The molecule has 1 aromatic carbocycles. The van der Waals surface area contributed by atoms with E-state index in [1.807, 2.05) is 18.2 Å². The van der Waals surface area contributed by atoms with Crippen molar-refractivity contribution in [2.45, 2.75) is 0 Å². The number of rotatable bonds is 2. The van der Waals surface area contributed by atoms with Gasteiger partial charge in [-0.1, -0.05) is 24.6 Å². The predicted octanol–water partition coefficient (Wildman–Crippen LogP) is 2.19. The Bertz CT molecular complexity index is 294. The van der Waals surface area contributed by atoms with Crippen molar-refractivity contribution < 1.29 is 4.74 Å². The molecule has 1 aromatic rings. The second-order valence-electron chi connectivity index (χ2n) is 1.93. The van der Waals surface area contributed by atoms with E-state index >= 15 is 0 Å². The molecule has 0 aromatic heterocycles. The summed E-state index contributed by atoms with van der Waals surface area (Å²) in [7, 11) is 0. The second-order valence-corrected chi connectivity index (χ2v) is 1.93. The van der Waals surface area contributed by atoms with Crippen molar-refractivity contribution in [3.05, 3.63) is 42.7 Å². The van der Waals surface area contributed by atoms with E-state index in [4.69, 9.17) is 11.2 Å². The van der Waals surface area contributed by atoms with Gasteiger partial charge in [-0.2, -0.15) is 0 Å². The molecule has 11 heavy (non-hydrogen) atoms. The van der Waals surface area contributed by atoms with Gasteiger partial charge in [0, 0.05) is 0 Å². The molecule has 0 unspecified atom stereocenters. The Morgan fingerprint density at radius 3 is 2.82 bits per heavy atom. The van der Waals surface area contributed by atoms with E-state index in [1.165, 1.54) is 6.26 Å². The first-order valence-electron chi connectivity index (χ1n) is 3.21. The maximum atomic E-state index is 5.22. The van der Waals surface area contributed by atoms with Crippen LogP contribution in [0.4, 0.5) is 0 Å². The Labute approximate surface area is 66.3 Å². The van der Waals surface area contributed by atoms with Gasteiger partial charge in [0.25, 0.3) is 0 Å². The summed E-state index contributed by atoms with van der Waals surface area (Å²) in [4.78, 5) is 0. The fourth-order valence-electron chi connectivity index (χ4n) is 0.778. The van der Waals surface area contributed by atoms with Gasteiger partial charge in [-0.25, -0.2) is 0 Å². The molecule has 0 N–H and O–H groups in total. The molecule has 0 aliphatic rings. The van der Waals surface area contributed by atoms with Crippen LogP contribution < -0.4 is 4.74 Å². The van der Waals surface area contributed by atoms with Crippen LogP contribution in [-0.4, -0.2) is 0 Å². The SMILES string of the molecule is C#Cc1ccccc1OC=C. The first kappa shape index (κ1) is 7.43. The van der Waals surface area contributed by atoms with Gasteiger partial charge in [0.2, 0.25) is 0 Å². The van der Waals surface area contributed by atoms with E-state index in [1.54, 1.807) is 6.07 Å². The average molecular weight is 144 g/mol. The Balaban J connectivity index is 3.04. The van der Waals surface area contributed by atoms with Crippen LogP contribution in [0.15, 0.2) is 37.1 Å². The van der Waals surface area contributed by atoms with Crippen LogP contribution in [0.5, 0.6) is 5.75 Å². The van der Waals surface area contributed by atoms with Crippen LogP contribution in [-0.2, 0) is 0 Å². The quantitative estimate of drug-likeness (QED) is 0.456. The third-order valence-electron chi connectivity index (χ3n) is 1.25. The molecule has 0 spiro atoms. The zero-order chi connectivity index (χ0) is 8.10. The maximum absolute atomic E-state index is 5.22. The lowest BCUT2D eigenvalue weighted by Crippen LogP contribution is -1.84. The van der Waals surface area contributed by atoms with E-state index in [2.05, 4.69) is 12.5 Å². The minimum absolute atomic E-state index is 0.671. The van der Waals surface area contributed by atoms with Crippen LogP contribution in [0, 0.1) is 12.3 Å². The highest BCUT2D eigenvalue weighted by Gasteiger charge is 1.95. The van der Waals surface area contributed by atoms with Gasteiger partial charge < -0.3 is 4.74 Å². The monoisotopic (exact) mass is 144 g/mol. The molecule has 0 atom stereocenters. The fourth-order valence-corrected chi connectivity index (χ4v) is 0.778. The van der Waals surface area contributed by atoms with E-state index in [9.17, 15) is 0 Å². The molecule has 1 rings (SSSR count). The highest BCUT2D eigenvalue weighted by molar-refractivity contribution is 5.44. The van der Waals surface area contributed by atoms with Gasteiger partial charge >= 0.3 is 0 Å². The summed E-state index contributed by atoms with van der Waals surface area (Å²) in [6.45, 7) is 3.44. The van der Waals surface area contributed by atoms with Crippen molar-refractivity contribution in [2.24, 2.45) is 0 Å². The molecule has 0 amide bonds. The molecule has 0 bridgehead atoms. The predicted molar refractivity (Wildman–Crippen MR) is 45.2 cm³/mol. The van der Waals surface area contributed by atoms with Crippen LogP contribution >= 0.6 is 0 Å². The second kappa shape index (κ2) is 3.48. The van der Waals surface area contributed by atoms with Gasteiger partial charge in [0.1, 0.15) is 5.75 Å². The Morgan fingerprint density at radius 2 is 2.18 bits per heavy atom. The summed E-state index contributed by atoms with van der Waals surface area (Å²) in [5.74, 6) is 3.18. The highest BCUT2D eigenvalue weighted by atomic mass is 16.5. The third kappa shape index (κ3) is 1.62. The molecule has 0 aliphatic heterocycles. The first-order valence-corrected chi connectivity index (χ1v) is 3.21. The lowest BCUT2D eigenvalue weighted by Gasteiger charge is -2.00. The minimum atomic E-state index is 0.671. The molecular formula is C10H8O. The summed E-state index contributed by atoms with van der Waals surface area (Å²) in [6, 6.07) is 7.35. The van der Waals surface area contributed by atoms with Crippen molar-refractivity contribution in [1.82, 2.24) is 0 Å². The number of para-hydroxylation sites is 1. The molecule has 0 fully saturated rings. The van der Waals surface area contributed by atoms with E-state index in [-0.39, 0.29) is 0 Å². The maximum Gasteiger partial charge on any atom is 0.142 e. The number of ether oxygens (including phenoxy) is 1. The van der Waals surface area contributed by atoms with Gasteiger partial charge in [-0.15, -0.1) is 6.42 Å². The number of hydrogen-bond donors (Lipinski definition) is 0. The van der Waals surface area contributed by atoms with Gasteiger partial charge in [0.15, 0.2) is 0 Å². The van der Waals surface area contributed by atoms with Crippen LogP contribution in [0.3, 0.4) is 0 Å². The average Bonchev–Trinajstić information content (AvgIpc) is 2.06. The van der Waals surface area contributed by atoms with E-state index in [0.717, 1.165) is 5.56 Å². The van der Waals surface area contributed by atoms with Crippen molar-refractivity contribution >= 4 is 0 Å². The molecule has 54 valence electrons. The normalized spacial score (nSPS) is 8.27. The van der Waals surface area contributed by atoms with Crippen molar-refractivity contribution in [1.29, 1.82) is 0 Å². The van der Waals surface area contributed by atoms with Crippen molar-refractivity contribution in [3.8, 4) is 18.1 Å². The minimum Gasteiger partial charge on any atom is -0.464 e. The van der Waals surface area contributed by atoms with Crippen molar-refractivity contribution in [2.75, 3.05) is 0 Å². The van der Waals surface area contributed by atoms with Gasteiger partial charge in [-0.05, 0) is 12.1 Å². The lowest BCUT2D eigenvalue weighted by atomic mass is 10.2. The molecule has 0 radical (unpaired) electrons. The zero-order valence-corrected chi connectivity index (χ0v) is 6.08. The molecular weight excluding hydrogens is 136 g/mol. The Kier molecular flexibility index (Phi) is 2.35. The molecule has 0 saturated carbocycles. The van der Waals surface area contributed by atoms with E-state index in [0.29, 0.717) is 5.75 Å². The zero-order valence-electron chi connectivity index (χ0n) is 6.08. The summed E-state index contributed by atoms with van der Waals surface area (Å²) in [5, 5.41) is 0. The summed E-state index contributed by atoms with van der Waals surface area (Å²) in [6.07, 6.45) is 6.57. The number of terminal acetylenes is 1. The topological polar surface area (TPSA) is 9.23 Å². The molecule has 0 heterocycles. The van der Waals surface area contributed by atoms with Crippen molar-refractivity contribution in [3.63, 3.8) is 0 Å². The molecule has 0 aliphatic carbocycles. The standard InChI is InChI=1S/C10H8O/c1-3-9-7-5-6-8-10(9)11-4-2/h1,4-8H,2H2. The largest absolute Gasteiger partial charge is 0.464 e.